The van der Waals surface area contributed by atoms with Crippen molar-refractivity contribution in [1.82, 2.24) is 36.4 Å². The highest BCUT2D eigenvalue weighted by Gasteiger charge is 2.64. The SMILES string of the molecule is CCN(CC)[C@@]1(c2ccccc2)CCCCC1(F)F.CCN(CC)[C@@]1(c2ccccc2)CCCCC12CCO2.CCN[C@@]1(c2ccccc2F)CCCCC12CCO2.CCN[C@@]1(c2ccccc2F)CCCCC1C.CN[C@@]1(c2ccccc2F)CCCCC1(F)F.CN[C@@]1(c2ccccc2F)CCCCC12CCO2.CN[C@@]1(c2ccccc2F)CCCCC1C. The molecule has 694 valence electrons. The van der Waals surface area contributed by atoms with Crippen LogP contribution >= 0.6 is 0 Å². The third-order valence-electron chi connectivity index (χ3n) is 31.6. The van der Waals surface area contributed by atoms with E-state index in [9.17, 15) is 39.5 Å². The number of likely N-dealkylation sites (N-methyl/N-ethyl adjacent to an activating group) is 3. The quantitative estimate of drug-likeness (QED) is 0.0475. The highest BCUT2D eigenvalue weighted by Crippen LogP contribution is 2.59. The fourth-order valence-corrected chi connectivity index (χ4v) is 24.9. The summed E-state index contributed by atoms with van der Waals surface area (Å²) in [6.45, 7) is 24.9. The summed E-state index contributed by atoms with van der Waals surface area (Å²) < 4.78 is 146. The number of benzene rings is 7. The molecule has 17 rings (SSSR count). The second-order valence-electron chi connectivity index (χ2n) is 37.2. The van der Waals surface area contributed by atoms with E-state index >= 15 is 0 Å². The monoisotopic (exact) mass is 1750 g/mol. The van der Waals surface area contributed by atoms with Gasteiger partial charge in [-0.15, -0.1) is 0 Å². The number of hydrogen-bond donors (Lipinski definition) is 5. The van der Waals surface area contributed by atoms with Crippen LogP contribution in [0, 0.1) is 40.9 Å². The van der Waals surface area contributed by atoms with Crippen molar-refractivity contribution >= 4 is 0 Å². The number of ether oxygens (including phenoxy) is 3. The van der Waals surface area contributed by atoms with Crippen LogP contribution in [0.3, 0.4) is 0 Å². The molecule has 10 nitrogen and oxygen atoms in total. The average Bonchev–Trinajstić information content (AvgIpc) is 0.724. The van der Waals surface area contributed by atoms with Crippen molar-refractivity contribution in [2.75, 3.05) is 80.2 Å². The first-order chi connectivity index (χ1) is 60.8. The standard InChI is InChI=1S/C18H27NO.C16H23F2N.C16H22FNO.C15H20FNO.C15H22FN.C14H20FN.C13H16F3N/c1-3-19(4-2)18(16-10-6-5-7-11-16)13-9-8-12-17(18)14-15-20-17;1-3-19(4-2)15(14-10-6-5-7-11-14)12-8-9-13-16(15,17)18;1-2-18-16(13-7-3-4-8-14(13)17)10-6-5-9-15(16)11-12-19-15;1-17-15(12-6-2-3-7-13(12)16)9-5-4-8-14(15)10-11-18-14;1-3-17-15(11-7-6-8-12(15)2)13-9-4-5-10-14(13)16;1-11-7-5-6-10-14(11,16-2)12-8-3-4-9-13(12)15;1-17-12(8-4-5-9-13(12,15)16)10-6-2-3-7-11(10)14/h5-7,10-11H,3-4,8-9,12-15H2,1-2H3;5-7,10-11H,3-4,8-9,12-13H2,1-2H3;3-4,7-8,18H,2,5-6,9-12H2,1H3;2-3,6-7,17H,4-5,8-11H2,1H3;4-5,9-10,12,17H,3,6-8,11H2,1-2H3;3-4,8-9,11,16H,5-7,10H2,1-2H3;2-3,6-7,17H,4-5,8-9H2,1H3/t17?,18-;15-;15?,16-;14?,15-;12?,15-;11?,14-;12-/m1111001/s1. The molecule has 0 bridgehead atoms. The maximum Gasteiger partial charge on any atom is 0.270 e. The predicted octanol–water partition coefficient (Wildman–Crippen LogP) is 25.5. The van der Waals surface area contributed by atoms with Gasteiger partial charge in [0.2, 0.25) is 0 Å². The van der Waals surface area contributed by atoms with E-state index in [0.717, 1.165) is 144 Å². The van der Waals surface area contributed by atoms with E-state index in [-0.39, 0.29) is 92.6 Å². The Labute approximate surface area is 750 Å². The van der Waals surface area contributed by atoms with Gasteiger partial charge in [0.25, 0.3) is 11.8 Å². The number of rotatable bonds is 20. The van der Waals surface area contributed by atoms with Crippen LogP contribution in [0.15, 0.2) is 182 Å². The van der Waals surface area contributed by atoms with E-state index in [4.69, 9.17) is 14.2 Å². The summed E-state index contributed by atoms with van der Waals surface area (Å²) in [5.41, 5.74) is 1.64. The molecule has 126 heavy (non-hydrogen) atoms. The molecule has 0 amide bonds. The zero-order chi connectivity index (χ0) is 90.4. The van der Waals surface area contributed by atoms with Crippen LogP contribution < -0.4 is 26.6 Å². The second kappa shape index (κ2) is 44.6. The maximum atomic E-state index is 14.8. The second-order valence-corrected chi connectivity index (χ2v) is 37.2. The number of halogens is 9. The van der Waals surface area contributed by atoms with Gasteiger partial charge in [0.1, 0.15) is 40.2 Å². The predicted molar refractivity (Wildman–Crippen MR) is 494 cm³/mol. The zero-order valence-corrected chi connectivity index (χ0v) is 77.8. The van der Waals surface area contributed by atoms with Gasteiger partial charge in [-0.1, -0.05) is 284 Å². The molecular weight excluding hydrogens is 1600 g/mol. The van der Waals surface area contributed by atoms with Crippen molar-refractivity contribution in [3.05, 3.63) is 250 Å². The van der Waals surface area contributed by atoms with Crippen molar-refractivity contribution in [2.24, 2.45) is 11.8 Å². The van der Waals surface area contributed by atoms with Gasteiger partial charge in [-0.3, -0.25) is 9.80 Å². The lowest BCUT2D eigenvalue weighted by atomic mass is 9.61. The summed E-state index contributed by atoms with van der Waals surface area (Å²) >= 11 is 0. The fourth-order valence-electron chi connectivity index (χ4n) is 24.9. The lowest BCUT2D eigenvalue weighted by Gasteiger charge is -2.62. The maximum absolute atomic E-state index is 14.8. The van der Waals surface area contributed by atoms with E-state index < -0.39 is 28.7 Å². The Kier molecular flexibility index (Phi) is 35.4. The van der Waals surface area contributed by atoms with Gasteiger partial charge in [0.15, 0.2) is 0 Å². The van der Waals surface area contributed by atoms with E-state index in [0.29, 0.717) is 50.6 Å². The molecule has 5 N–H and O–H groups in total. The first-order valence-electron chi connectivity index (χ1n) is 48.4. The number of hydrogen-bond acceptors (Lipinski definition) is 10. The molecule has 7 aliphatic carbocycles. The van der Waals surface area contributed by atoms with Gasteiger partial charge in [-0.25, -0.2) is 39.5 Å². The lowest BCUT2D eigenvalue weighted by molar-refractivity contribution is -0.249. The lowest BCUT2D eigenvalue weighted by Crippen LogP contribution is -2.68. The van der Waals surface area contributed by atoms with Crippen LogP contribution in [0.4, 0.5) is 39.5 Å². The molecule has 7 saturated carbocycles. The molecule has 5 unspecified atom stereocenters. The Morgan fingerprint density at radius 1 is 0.294 bits per heavy atom. The molecule has 0 radical (unpaired) electrons. The minimum Gasteiger partial charge on any atom is -0.373 e. The van der Waals surface area contributed by atoms with Crippen molar-refractivity contribution < 1.29 is 53.7 Å². The van der Waals surface area contributed by atoms with Crippen molar-refractivity contribution in [3.63, 3.8) is 0 Å². The zero-order valence-electron chi connectivity index (χ0n) is 77.8. The van der Waals surface area contributed by atoms with Crippen LogP contribution in [0.5, 0.6) is 0 Å². The summed E-state index contributed by atoms with van der Waals surface area (Å²) in [6, 6.07) is 55.0. The number of alkyl halides is 4. The first kappa shape index (κ1) is 100. The summed E-state index contributed by atoms with van der Waals surface area (Å²) in [6.07, 6.45) is 29.6. The van der Waals surface area contributed by atoms with Gasteiger partial charge < -0.3 is 40.8 Å². The van der Waals surface area contributed by atoms with E-state index in [1.807, 2.05) is 112 Å². The van der Waals surface area contributed by atoms with Crippen LogP contribution in [0.1, 0.15) is 293 Å². The molecule has 19 heteroatoms. The van der Waals surface area contributed by atoms with Gasteiger partial charge in [0, 0.05) is 71.0 Å². The smallest absolute Gasteiger partial charge is 0.270 e. The van der Waals surface area contributed by atoms with Gasteiger partial charge in [-0.2, -0.15) is 0 Å². The Morgan fingerprint density at radius 3 is 0.968 bits per heavy atom. The topological polar surface area (TPSA) is 94.3 Å². The Morgan fingerprint density at radius 2 is 0.595 bits per heavy atom. The molecule has 12 atom stereocenters. The Balaban J connectivity index is 0.000000143. The first-order valence-corrected chi connectivity index (χ1v) is 48.4. The van der Waals surface area contributed by atoms with Crippen molar-refractivity contribution in [2.45, 2.75) is 322 Å². The molecule has 10 fully saturated rings. The van der Waals surface area contributed by atoms with E-state index in [1.165, 1.54) is 114 Å². The highest BCUT2D eigenvalue weighted by atomic mass is 19.3. The molecular formula is C107H150F9N7O3. The van der Waals surface area contributed by atoms with Crippen LogP contribution in [0.25, 0.3) is 0 Å². The van der Waals surface area contributed by atoms with E-state index in [2.05, 4.69) is 103 Å². The molecule has 7 aromatic carbocycles. The molecule has 3 aliphatic heterocycles. The molecule has 7 aromatic rings. The van der Waals surface area contributed by atoms with E-state index in [1.54, 1.807) is 54.6 Å². The third-order valence-corrected chi connectivity index (χ3v) is 31.6. The van der Waals surface area contributed by atoms with Crippen molar-refractivity contribution in [3.8, 4) is 0 Å². The molecule has 3 saturated heterocycles. The average molecular weight is 1750 g/mol. The summed E-state index contributed by atoms with van der Waals surface area (Å²) in [4.78, 5) is 4.60. The van der Waals surface area contributed by atoms with Crippen LogP contribution in [0.2, 0.25) is 0 Å². The molecule has 3 heterocycles. The summed E-state index contributed by atoms with van der Waals surface area (Å²) in [7, 11) is 5.36. The third kappa shape index (κ3) is 19.6. The molecule has 10 aliphatic rings. The summed E-state index contributed by atoms with van der Waals surface area (Å²) in [5, 5.41) is 16.6. The summed E-state index contributed by atoms with van der Waals surface area (Å²) in [5.74, 6) is -5.53. The minimum atomic E-state index is -2.91. The number of nitrogens with zero attached hydrogens (tertiary/aromatic N) is 2. The largest absolute Gasteiger partial charge is 0.373 e. The van der Waals surface area contributed by atoms with Crippen molar-refractivity contribution in [1.29, 1.82) is 0 Å². The van der Waals surface area contributed by atoms with Crippen LogP contribution in [-0.2, 0) is 53.0 Å². The molecule has 0 aromatic heterocycles. The Hall–Kier alpha value is -6.49. The van der Waals surface area contributed by atoms with Gasteiger partial charge in [0.05, 0.1) is 53.2 Å². The fraction of sp³-hybridized carbons (Fsp3) is 0.607. The van der Waals surface area contributed by atoms with Crippen LogP contribution in [-0.4, -0.2) is 119 Å². The number of nitrogens with one attached hydrogen (secondary N) is 5. The Bertz CT molecular complexity index is 4440. The highest BCUT2D eigenvalue weighted by molar-refractivity contribution is 5.38. The molecule has 3 spiro atoms. The minimum absolute atomic E-state index is 0.00159. The van der Waals surface area contributed by atoms with Gasteiger partial charge >= 0.3 is 0 Å². The normalized spacial score (nSPS) is 31.1. The van der Waals surface area contributed by atoms with Gasteiger partial charge in [-0.05, 0) is 204 Å².